The molecule has 0 radical (unpaired) electrons. The van der Waals surface area contributed by atoms with E-state index in [-0.39, 0.29) is 49.4 Å². The van der Waals surface area contributed by atoms with Gasteiger partial charge in [0.25, 0.3) is 0 Å². The predicted octanol–water partition coefficient (Wildman–Crippen LogP) is 9.13. The van der Waals surface area contributed by atoms with Gasteiger partial charge in [-0.1, -0.05) is 119 Å². The summed E-state index contributed by atoms with van der Waals surface area (Å²) < 4.78 is 6.90. The number of aromatic nitrogens is 1. The van der Waals surface area contributed by atoms with Gasteiger partial charge in [0.1, 0.15) is 33.9 Å². The quantitative estimate of drug-likeness (QED) is 0.0275. The lowest BCUT2D eigenvalue weighted by Gasteiger charge is -2.35. The summed E-state index contributed by atoms with van der Waals surface area (Å²) in [5.74, 6) is -0.155. The summed E-state index contributed by atoms with van der Waals surface area (Å²) in [6.07, 6.45) is 3.46. The highest BCUT2D eigenvalue weighted by atomic mass is 127. The summed E-state index contributed by atoms with van der Waals surface area (Å²) in [6, 6.07) is 31.6. The second-order valence-corrected chi connectivity index (χ2v) is 19.8. The van der Waals surface area contributed by atoms with Gasteiger partial charge in [-0.3, -0.25) is 19.2 Å². The van der Waals surface area contributed by atoms with Crippen LogP contribution >= 0.6 is 33.9 Å². The third kappa shape index (κ3) is 14.5. The van der Waals surface area contributed by atoms with Gasteiger partial charge in [-0.15, -0.1) is 11.3 Å². The molecular weight excluding hydrogens is 978 g/mol. The molecule has 1 aromatic heterocycles. The van der Waals surface area contributed by atoms with Gasteiger partial charge in [0.05, 0.1) is 23.0 Å². The molecule has 14 heteroatoms. The summed E-state index contributed by atoms with van der Waals surface area (Å²) in [6.45, 7) is 8.70. The summed E-state index contributed by atoms with van der Waals surface area (Å²) in [5.41, 5.74) is 8.57. The van der Waals surface area contributed by atoms with Gasteiger partial charge in [-0.05, 0) is 110 Å². The largest absolute Gasteiger partial charge is 0.508 e. The van der Waals surface area contributed by atoms with Crippen molar-refractivity contribution in [1.29, 1.82) is 0 Å². The van der Waals surface area contributed by atoms with Crippen molar-refractivity contribution >= 4 is 68.7 Å². The maximum atomic E-state index is 14.0. The number of phenols is 1. The van der Waals surface area contributed by atoms with Crippen molar-refractivity contribution in [2.24, 2.45) is 5.41 Å². The van der Waals surface area contributed by atoms with Crippen LogP contribution in [-0.4, -0.2) is 81.6 Å². The van der Waals surface area contributed by atoms with Crippen molar-refractivity contribution in [3.8, 4) is 21.9 Å². The first-order chi connectivity index (χ1) is 32.2. The topological polar surface area (TPSA) is 170 Å². The highest BCUT2D eigenvalue weighted by molar-refractivity contribution is 14.1. The summed E-state index contributed by atoms with van der Waals surface area (Å²) in [7, 11) is 0. The Balaban J connectivity index is 0.889. The van der Waals surface area contributed by atoms with Crippen molar-refractivity contribution in [3.63, 3.8) is 0 Å². The second kappa shape index (κ2) is 24.4. The molecule has 67 heavy (non-hydrogen) atoms. The Morgan fingerprint density at radius 2 is 1.48 bits per heavy atom. The minimum absolute atomic E-state index is 0.00817. The van der Waals surface area contributed by atoms with Crippen LogP contribution in [0.5, 0.6) is 11.5 Å². The van der Waals surface area contributed by atoms with Gasteiger partial charge in [0.15, 0.2) is 0 Å². The van der Waals surface area contributed by atoms with Crippen LogP contribution < -0.4 is 20.7 Å². The van der Waals surface area contributed by atoms with Gasteiger partial charge in [0, 0.05) is 32.4 Å². The van der Waals surface area contributed by atoms with E-state index in [1.807, 2.05) is 105 Å². The number of hydrogen-bond donors (Lipinski definition) is 5. The normalized spacial score (nSPS) is 15.6. The van der Waals surface area contributed by atoms with Crippen LogP contribution in [0.3, 0.4) is 0 Å². The van der Waals surface area contributed by atoms with E-state index in [1.165, 1.54) is 10.5 Å². The maximum absolute atomic E-state index is 14.0. The number of aliphatic hydroxyl groups excluding tert-OH is 1. The number of benzene rings is 4. The van der Waals surface area contributed by atoms with Crippen LogP contribution in [0.15, 0.2) is 109 Å². The molecule has 1 fully saturated rings. The Labute approximate surface area is 411 Å². The smallest absolute Gasteiger partial charge is 0.246 e. The molecule has 0 spiro atoms. The van der Waals surface area contributed by atoms with E-state index in [0.29, 0.717) is 38.2 Å². The van der Waals surface area contributed by atoms with Crippen molar-refractivity contribution in [2.45, 2.75) is 104 Å². The molecular formula is C53H62IN5O7S. The fraction of sp³-hybridized carbons (Fsp3) is 0.377. The minimum Gasteiger partial charge on any atom is -0.508 e. The van der Waals surface area contributed by atoms with Gasteiger partial charge < -0.3 is 35.8 Å². The zero-order valence-corrected chi connectivity index (χ0v) is 41.7. The van der Waals surface area contributed by atoms with Crippen LogP contribution in [0.2, 0.25) is 0 Å². The summed E-state index contributed by atoms with van der Waals surface area (Å²) in [5, 5.41) is 29.3. The number of ether oxygens (including phenoxy) is 1. The number of likely N-dealkylation sites (tertiary alicyclic amines) is 1. The molecule has 4 aromatic carbocycles. The molecule has 4 amide bonds. The Bertz CT molecular complexity index is 2450. The van der Waals surface area contributed by atoms with Crippen LogP contribution in [0.1, 0.15) is 101 Å². The van der Waals surface area contributed by atoms with Gasteiger partial charge in [-0.25, -0.2) is 4.98 Å². The third-order valence-electron chi connectivity index (χ3n) is 11.8. The molecule has 354 valence electrons. The molecule has 0 aliphatic carbocycles. The fourth-order valence-electron chi connectivity index (χ4n) is 8.25. The maximum Gasteiger partial charge on any atom is 0.246 e. The summed E-state index contributed by atoms with van der Waals surface area (Å²) in [4.78, 5) is 60.0. The van der Waals surface area contributed by atoms with Crippen LogP contribution in [0.4, 0.5) is 0 Å². The molecule has 0 saturated carbocycles. The standard InChI is InChI=1S/C53H62IN5O7S/c1-5-43(36-13-9-8-10-14-36)47(37-21-25-40(60)26-22-37)38-23-27-42(28-24-38)66-30-29-55-45(62)15-11-6-7-12-16-46(63)58-49(53(2,3)4)52(65)59-33-41(61)31-44(59)51(64)56-32-35-17-19-39(20-18-35)48-50(54)57-34-67-48/h8-10,13-14,17-28,34,41,44,49,60-61H,5-7,11-12,15-16,29-33H2,1-4H3,(H,55,62)(H,56,64)(H,58,63)/b47-43-/t41-,44+,49-/m1/s1. The number of hydrogen-bond acceptors (Lipinski definition) is 9. The Morgan fingerprint density at radius 1 is 0.836 bits per heavy atom. The molecule has 5 N–H and O–H groups in total. The van der Waals surface area contributed by atoms with Crippen molar-refractivity contribution in [3.05, 3.63) is 135 Å². The molecule has 3 atom stereocenters. The molecule has 2 heterocycles. The fourth-order valence-corrected chi connectivity index (χ4v) is 9.96. The average Bonchev–Trinajstić information content (AvgIpc) is 3.94. The number of unbranched alkanes of at least 4 members (excludes halogenated alkanes) is 3. The van der Waals surface area contributed by atoms with E-state index in [2.05, 4.69) is 62.6 Å². The molecule has 0 bridgehead atoms. The zero-order valence-electron chi connectivity index (χ0n) is 38.7. The number of aliphatic hydroxyl groups is 1. The first-order valence-corrected chi connectivity index (χ1v) is 25.0. The number of carbonyl (C=O) groups excluding carboxylic acids is 4. The Kier molecular flexibility index (Phi) is 18.5. The number of allylic oxidation sites excluding steroid dienone is 1. The molecule has 1 saturated heterocycles. The van der Waals surface area contributed by atoms with Crippen molar-refractivity contribution < 1.29 is 34.1 Å². The van der Waals surface area contributed by atoms with E-state index in [1.54, 1.807) is 23.5 Å². The molecule has 12 nitrogen and oxygen atoms in total. The monoisotopic (exact) mass is 1040 g/mol. The van der Waals surface area contributed by atoms with Crippen molar-refractivity contribution in [2.75, 3.05) is 19.7 Å². The number of aromatic hydroxyl groups is 1. The van der Waals surface area contributed by atoms with Gasteiger partial charge in [0.2, 0.25) is 23.6 Å². The molecule has 6 rings (SSSR count). The van der Waals surface area contributed by atoms with E-state index in [9.17, 15) is 29.4 Å². The van der Waals surface area contributed by atoms with Crippen LogP contribution in [-0.2, 0) is 25.7 Å². The first kappa shape index (κ1) is 50.8. The highest BCUT2D eigenvalue weighted by Gasteiger charge is 2.44. The Hall–Kier alpha value is -5.58. The number of nitrogens with one attached hydrogen (secondary N) is 3. The van der Waals surface area contributed by atoms with E-state index >= 15 is 0 Å². The number of nitrogens with zero attached hydrogens (tertiary/aromatic N) is 2. The van der Waals surface area contributed by atoms with Gasteiger partial charge in [-0.2, -0.15) is 0 Å². The number of rotatable bonds is 21. The second-order valence-electron chi connectivity index (χ2n) is 17.9. The lowest BCUT2D eigenvalue weighted by Crippen LogP contribution is -2.57. The predicted molar refractivity (Wildman–Crippen MR) is 273 cm³/mol. The highest BCUT2D eigenvalue weighted by Crippen LogP contribution is 2.36. The molecule has 1 aliphatic rings. The van der Waals surface area contributed by atoms with E-state index in [0.717, 1.165) is 61.2 Å². The number of phenolic OH excluding ortho intramolecular Hbond substituents is 1. The molecule has 0 unspecified atom stereocenters. The lowest BCUT2D eigenvalue weighted by molar-refractivity contribution is -0.144. The molecule has 1 aliphatic heterocycles. The number of thiazole rings is 1. The number of β-amino-alcohol motifs (C(OH)–C–C–N with tert-alkyl or cyclic N) is 1. The number of halogens is 1. The zero-order chi connectivity index (χ0) is 47.9. The summed E-state index contributed by atoms with van der Waals surface area (Å²) >= 11 is 3.78. The van der Waals surface area contributed by atoms with E-state index < -0.39 is 29.5 Å². The van der Waals surface area contributed by atoms with Gasteiger partial charge >= 0.3 is 0 Å². The van der Waals surface area contributed by atoms with Crippen molar-refractivity contribution in [1.82, 2.24) is 25.8 Å². The van der Waals surface area contributed by atoms with Crippen LogP contribution in [0, 0.1) is 9.12 Å². The minimum atomic E-state index is -0.893. The Morgan fingerprint density at radius 3 is 2.09 bits per heavy atom. The van der Waals surface area contributed by atoms with Crippen LogP contribution in [0.25, 0.3) is 21.6 Å². The SMILES string of the molecule is CC/C(=C(\c1ccc(O)cc1)c1ccc(OCCNC(=O)CCCCCCC(=O)N[C@H](C(=O)N2C[C@H](O)C[C@H]2C(=O)NCc2ccc(-c3scnc3I)cc2)C(C)(C)C)cc1)c1ccccc1. The number of amides is 4. The third-order valence-corrected chi connectivity index (χ3v) is 13.9. The molecule has 5 aromatic rings. The van der Waals surface area contributed by atoms with E-state index in [4.69, 9.17) is 4.74 Å². The average molecular weight is 1040 g/mol. The number of carbonyl (C=O) groups is 4. The lowest BCUT2D eigenvalue weighted by atomic mass is 9.85. The first-order valence-electron chi connectivity index (χ1n) is 23.0.